The first kappa shape index (κ1) is 47.1. The Labute approximate surface area is 364 Å². The first-order chi connectivity index (χ1) is 30.0. The highest BCUT2D eigenvalue weighted by Gasteiger charge is 2.27. The largest absolute Gasteiger partial charge is 0.505 e. The molecule has 0 amide bonds. The van der Waals surface area contributed by atoms with E-state index in [1.54, 1.807) is 43.3 Å². The third kappa shape index (κ3) is 11.2. The van der Waals surface area contributed by atoms with Crippen molar-refractivity contribution in [2.45, 2.75) is 16.7 Å². The molecular weight excluding hydrogens is 932 g/mol. The molecule has 7 N–H and O–H groups in total. The number of nitrogens with zero attached hydrogens (tertiary/aromatic N) is 6. The van der Waals surface area contributed by atoms with Gasteiger partial charge in [-0.15, -0.1) is 10.2 Å². The number of carbonyl (C=O) groups is 1. The summed E-state index contributed by atoms with van der Waals surface area (Å²) in [7, 11) is -14.1. The van der Waals surface area contributed by atoms with Gasteiger partial charge in [0.2, 0.25) is 11.9 Å². The summed E-state index contributed by atoms with van der Waals surface area (Å²) in [5.41, 5.74) is -0.0657. The second kappa shape index (κ2) is 18.8. The highest BCUT2D eigenvalue weighted by Crippen LogP contribution is 2.46. The average molecular weight is 965 g/mol. The number of anilines is 5. The van der Waals surface area contributed by atoms with Crippen LogP contribution in [-0.2, 0) is 50.1 Å². The zero-order valence-corrected chi connectivity index (χ0v) is 36.0. The van der Waals surface area contributed by atoms with Crippen LogP contribution in [0.5, 0.6) is 5.75 Å². The summed E-state index contributed by atoms with van der Waals surface area (Å²) < 4.78 is 138. The first-order valence-electron chi connectivity index (χ1n) is 17.9. The number of nitrogens with one attached hydrogen (secondary N) is 2. The Balaban J connectivity index is 1.39. The second-order valence-electron chi connectivity index (χ2n) is 13.3. The zero-order chi connectivity index (χ0) is 46.7. The first-order valence-corrected chi connectivity index (χ1v) is 23.3. The van der Waals surface area contributed by atoms with Crippen molar-refractivity contribution < 1.29 is 70.9 Å². The predicted octanol–water partition coefficient (Wildman–Crippen LogP) is 5.36. The van der Waals surface area contributed by atoms with Gasteiger partial charge in [-0.1, -0.05) is 36.4 Å². The molecule has 338 valence electrons. The summed E-state index contributed by atoms with van der Waals surface area (Å²) >= 11 is -2.03. The molecule has 64 heavy (non-hydrogen) atoms. The minimum absolute atomic E-state index is 0.0592. The topological polar surface area (TPSA) is 347 Å². The highest BCUT2D eigenvalue weighted by atomic mass is 32.3. The van der Waals surface area contributed by atoms with Gasteiger partial charge in [0, 0.05) is 35.4 Å². The summed E-state index contributed by atoms with van der Waals surface area (Å²) in [5.74, 6) is -3.52. The van der Waals surface area contributed by atoms with Gasteiger partial charge in [0.15, 0.2) is 16.8 Å². The van der Waals surface area contributed by atoms with E-state index in [-0.39, 0.29) is 40.9 Å². The van der Waals surface area contributed by atoms with Crippen molar-refractivity contribution in [3.8, 4) is 5.75 Å². The smallest absolute Gasteiger partial charge is 0.397 e. The lowest BCUT2D eigenvalue weighted by molar-refractivity contribution is 0.0697. The van der Waals surface area contributed by atoms with Crippen molar-refractivity contribution in [3.05, 3.63) is 90.0 Å². The number of rotatable bonds is 18. The molecule has 0 fully saturated rings. The number of benzene rings is 5. The van der Waals surface area contributed by atoms with E-state index >= 15 is 0 Å². The van der Waals surface area contributed by atoms with E-state index in [2.05, 4.69) is 40.0 Å². The van der Waals surface area contributed by atoms with E-state index in [9.17, 15) is 58.0 Å². The maximum Gasteiger partial charge on any atom is 0.397 e. The normalized spacial score (nSPS) is 12.8. The van der Waals surface area contributed by atoms with E-state index in [0.717, 1.165) is 11.6 Å². The van der Waals surface area contributed by atoms with Gasteiger partial charge in [0.1, 0.15) is 21.2 Å². The SMILES string of the molecule is Cc1cc(Nc2ccccc2C(=O)O)c(N=Nc2cc(S(=O)(=O)O)c3cc(Nc4nc(F)nc(N(C)CCS(=O)OCCOS(=O)(=O)O)n4)cc(S(=O)(=O)O)c3c2O)c2ccccc12. The van der Waals surface area contributed by atoms with Crippen molar-refractivity contribution in [2.75, 3.05) is 48.1 Å². The maximum atomic E-state index is 14.7. The van der Waals surface area contributed by atoms with Crippen LogP contribution < -0.4 is 15.5 Å². The number of carboxylic acids is 1. The Hall–Kier alpha value is -6.37. The van der Waals surface area contributed by atoms with Gasteiger partial charge in [0.05, 0.1) is 35.9 Å². The number of phenols is 1. The van der Waals surface area contributed by atoms with Gasteiger partial charge in [-0.05, 0) is 54.3 Å². The Bertz CT molecular complexity index is 3230. The monoisotopic (exact) mass is 964 g/mol. The quantitative estimate of drug-likeness (QED) is 0.0324. The number of hydrogen-bond acceptors (Lipinski definition) is 19. The third-order valence-electron chi connectivity index (χ3n) is 8.90. The number of phenolic OH excluding ortho intramolecular Hbond substituents is 1. The lowest BCUT2D eigenvalue weighted by Gasteiger charge is -2.18. The summed E-state index contributed by atoms with van der Waals surface area (Å²) in [6.07, 6.45) is -1.38. The van der Waals surface area contributed by atoms with Gasteiger partial charge >= 0.3 is 22.4 Å². The third-order valence-corrected chi connectivity index (χ3v) is 12.1. The van der Waals surface area contributed by atoms with Gasteiger partial charge in [-0.3, -0.25) is 17.8 Å². The van der Waals surface area contributed by atoms with Gasteiger partial charge in [0.25, 0.3) is 20.2 Å². The van der Waals surface area contributed by atoms with Crippen molar-refractivity contribution in [1.29, 1.82) is 0 Å². The Morgan fingerprint density at radius 1 is 0.828 bits per heavy atom. The lowest BCUT2D eigenvalue weighted by atomic mass is 10.0. The Kier molecular flexibility index (Phi) is 13.8. The molecule has 5 aromatic carbocycles. The fourth-order valence-corrected chi connectivity index (χ4v) is 8.63. The van der Waals surface area contributed by atoms with Crippen LogP contribution in [0.3, 0.4) is 0 Å². The van der Waals surface area contributed by atoms with Crippen LogP contribution in [0.15, 0.2) is 92.8 Å². The average Bonchev–Trinajstić information content (AvgIpc) is 3.20. The van der Waals surface area contributed by atoms with E-state index in [4.69, 9.17) is 8.74 Å². The molecule has 28 heteroatoms. The molecule has 0 aliphatic rings. The molecule has 0 radical (unpaired) electrons. The number of fused-ring (bicyclic) bond motifs is 2. The van der Waals surface area contributed by atoms with Gasteiger partial charge in [-0.25, -0.2) is 13.2 Å². The molecule has 1 aromatic heterocycles. The summed E-state index contributed by atoms with van der Waals surface area (Å²) in [6.45, 7) is 0.495. The van der Waals surface area contributed by atoms with Crippen molar-refractivity contribution in [2.24, 2.45) is 10.2 Å². The predicted molar refractivity (Wildman–Crippen MR) is 228 cm³/mol. The van der Waals surface area contributed by atoms with Crippen LogP contribution in [-0.4, -0.2) is 107 Å². The molecule has 6 aromatic rings. The number of halogens is 1. The highest BCUT2D eigenvalue weighted by molar-refractivity contribution is 7.86. The lowest BCUT2D eigenvalue weighted by Crippen LogP contribution is -2.27. The molecule has 0 spiro atoms. The Morgan fingerprint density at radius 2 is 1.50 bits per heavy atom. The maximum absolute atomic E-state index is 14.7. The summed E-state index contributed by atoms with van der Waals surface area (Å²) in [5, 5.41) is 34.8. The molecule has 0 saturated heterocycles. The molecule has 0 saturated carbocycles. The van der Waals surface area contributed by atoms with Crippen molar-refractivity contribution in [1.82, 2.24) is 15.0 Å². The molecule has 1 atom stereocenters. The zero-order valence-electron chi connectivity index (χ0n) is 32.8. The fourth-order valence-electron chi connectivity index (χ4n) is 6.12. The number of aryl methyl sites for hydroxylation is 1. The van der Waals surface area contributed by atoms with Crippen LogP contribution >= 0.6 is 0 Å². The summed E-state index contributed by atoms with van der Waals surface area (Å²) in [6, 6.07) is 16.7. The minimum Gasteiger partial charge on any atom is -0.505 e. The second-order valence-corrected chi connectivity index (χ2v) is 18.4. The molecule has 0 aliphatic carbocycles. The number of aromatic nitrogens is 3. The number of carboxylic acid groups (broad SMARTS) is 1. The minimum atomic E-state index is -5.39. The number of aromatic hydroxyl groups is 1. The number of para-hydroxylation sites is 1. The van der Waals surface area contributed by atoms with Crippen LogP contribution in [0.4, 0.5) is 44.7 Å². The molecule has 0 aliphatic heterocycles. The number of aromatic carboxylic acids is 1. The van der Waals surface area contributed by atoms with Crippen molar-refractivity contribution in [3.63, 3.8) is 0 Å². The van der Waals surface area contributed by atoms with Gasteiger partial charge < -0.3 is 25.7 Å². The molecule has 1 unspecified atom stereocenters. The Morgan fingerprint density at radius 3 is 2.17 bits per heavy atom. The van der Waals surface area contributed by atoms with E-state index in [1.807, 2.05) is 0 Å². The number of hydrogen-bond donors (Lipinski definition) is 7. The molecule has 1 heterocycles. The van der Waals surface area contributed by atoms with Crippen molar-refractivity contribution >= 4 is 110 Å². The number of azo groups is 1. The van der Waals surface area contributed by atoms with Gasteiger partial charge in [-0.2, -0.15) is 44.6 Å². The molecule has 0 bridgehead atoms. The van der Waals surface area contributed by atoms with E-state index in [1.165, 1.54) is 30.1 Å². The van der Waals surface area contributed by atoms with Crippen LogP contribution in [0.2, 0.25) is 0 Å². The molecule has 23 nitrogen and oxygen atoms in total. The standard InChI is InChI=1S/C36H33FN8O15S4/c1-19-15-26(39-25-10-6-5-9-23(25)33(47)48)31(22-8-4-3-7-21(19)22)44-43-27-18-28(62(50,51)52)24-16-20(17-29(63(53,54)55)30(24)32(27)46)38-35-40-34(37)41-36(42-35)45(2)11-14-61(49)59-12-13-60-64(56,57)58/h3-10,15-18,39,46H,11-14H2,1-2H3,(H,47,48)(H,50,51,52)(H,53,54,55)(H,56,57,58)(H,38,40,41,42). The van der Waals surface area contributed by atoms with E-state index in [0.29, 0.717) is 22.9 Å². The fraction of sp³-hybridized carbons (Fsp3) is 0.167. The van der Waals surface area contributed by atoms with Crippen LogP contribution in [0, 0.1) is 13.0 Å². The molecule has 6 rings (SSSR count). The van der Waals surface area contributed by atoms with Crippen LogP contribution in [0.1, 0.15) is 15.9 Å². The summed E-state index contributed by atoms with van der Waals surface area (Å²) in [4.78, 5) is 22.1. The van der Waals surface area contributed by atoms with E-state index < -0.39 is 111 Å². The van der Waals surface area contributed by atoms with Crippen LogP contribution in [0.25, 0.3) is 21.5 Å². The molecular formula is C36H33FN8O15S4.